The monoisotopic (exact) mass is 261 g/mol. The van der Waals surface area contributed by atoms with Crippen LogP contribution in [0.5, 0.6) is 5.75 Å². The van der Waals surface area contributed by atoms with Gasteiger partial charge in [0.1, 0.15) is 5.75 Å². The molecule has 0 radical (unpaired) electrons. The third-order valence-electron chi connectivity index (χ3n) is 2.54. The predicted octanol–water partition coefficient (Wildman–Crippen LogP) is 3.69. The maximum absolute atomic E-state index is 12.4. The maximum Gasteiger partial charge on any atom is 0.390 e. The van der Waals surface area contributed by atoms with Gasteiger partial charge >= 0.3 is 6.18 Å². The Morgan fingerprint density at radius 2 is 1.83 bits per heavy atom. The van der Waals surface area contributed by atoms with Crippen molar-refractivity contribution in [3.8, 4) is 5.75 Å². The van der Waals surface area contributed by atoms with Crippen LogP contribution in [0.2, 0.25) is 0 Å². The number of nitrogens with one attached hydrogen (secondary N) is 1. The predicted molar refractivity (Wildman–Crippen MR) is 64.7 cm³/mol. The van der Waals surface area contributed by atoms with E-state index in [-0.39, 0.29) is 0 Å². The molecule has 0 aromatic heterocycles. The third-order valence-corrected chi connectivity index (χ3v) is 2.54. The molecule has 2 nitrogen and oxygen atoms in total. The second-order valence-electron chi connectivity index (χ2n) is 4.08. The molecule has 0 aliphatic heterocycles. The van der Waals surface area contributed by atoms with Gasteiger partial charge in [0.25, 0.3) is 0 Å². The van der Waals surface area contributed by atoms with Crippen molar-refractivity contribution in [2.24, 2.45) is 0 Å². The van der Waals surface area contributed by atoms with Crippen molar-refractivity contribution in [3.05, 3.63) is 29.8 Å². The van der Waals surface area contributed by atoms with Gasteiger partial charge in [0, 0.05) is 6.04 Å². The molecule has 0 fully saturated rings. The summed E-state index contributed by atoms with van der Waals surface area (Å²) in [6, 6.07) is 6.01. The van der Waals surface area contributed by atoms with E-state index in [1.807, 2.05) is 6.92 Å². The fourth-order valence-electron chi connectivity index (χ4n) is 1.63. The minimum Gasteiger partial charge on any atom is -0.494 e. The highest BCUT2D eigenvalue weighted by atomic mass is 19.4. The molecule has 102 valence electrons. The van der Waals surface area contributed by atoms with Crippen molar-refractivity contribution < 1.29 is 17.9 Å². The Bertz CT molecular complexity index is 348. The van der Waals surface area contributed by atoms with Crippen molar-refractivity contribution >= 4 is 0 Å². The molecule has 1 aromatic rings. The first-order valence-electron chi connectivity index (χ1n) is 5.93. The zero-order chi connectivity index (χ0) is 13.6. The Labute approximate surface area is 105 Å². The van der Waals surface area contributed by atoms with E-state index in [9.17, 15) is 13.2 Å². The van der Waals surface area contributed by atoms with E-state index in [4.69, 9.17) is 4.74 Å². The quantitative estimate of drug-likeness (QED) is 0.843. The summed E-state index contributed by atoms with van der Waals surface area (Å²) in [5.41, 5.74) is 0.610. The number of ether oxygens (including phenoxy) is 1. The zero-order valence-corrected chi connectivity index (χ0v) is 10.6. The normalized spacial score (nSPS) is 13.4. The first-order chi connectivity index (χ1) is 8.46. The third kappa shape index (κ3) is 4.96. The number of alkyl halides is 3. The number of hydrogen-bond donors (Lipinski definition) is 1. The maximum atomic E-state index is 12.4. The lowest BCUT2D eigenvalue weighted by Gasteiger charge is -2.18. The summed E-state index contributed by atoms with van der Waals surface area (Å²) in [5.74, 6) is 0.683. The van der Waals surface area contributed by atoms with Crippen molar-refractivity contribution in [1.29, 1.82) is 0 Å². The minimum atomic E-state index is -4.18. The molecule has 0 saturated heterocycles. The summed E-state index contributed by atoms with van der Waals surface area (Å²) < 4.78 is 42.5. The largest absolute Gasteiger partial charge is 0.494 e. The fraction of sp³-hybridized carbons (Fsp3) is 0.538. The molecule has 0 saturated carbocycles. The Hall–Kier alpha value is -1.23. The number of benzene rings is 1. The van der Waals surface area contributed by atoms with Gasteiger partial charge in [0.15, 0.2) is 0 Å². The topological polar surface area (TPSA) is 21.3 Å². The van der Waals surface area contributed by atoms with Crippen LogP contribution in [0.3, 0.4) is 0 Å². The second kappa shape index (κ2) is 6.64. The van der Waals surface area contributed by atoms with Crippen molar-refractivity contribution in [2.45, 2.75) is 32.0 Å². The van der Waals surface area contributed by atoms with E-state index < -0.39 is 18.6 Å². The minimum absolute atomic E-state index is 0.608. The summed E-state index contributed by atoms with van der Waals surface area (Å²) in [4.78, 5) is 0. The average Bonchev–Trinajstić information content (AvgIpc) is 2.33. The first kappa shape index (κ1) is 14.8. The van der Waals surface area contributed by atoms with Crippen LogP contribution in [0, 0.1) is 0 Å². The molecule has 0 bridgehead atoms. The lowest BCUT2D eigenvalue weighted by atomic mass is 10.0. The van der Waals surface area contributed by atoms with Crippen LogP contribution in [0.25, 0.3) is 0 Å². The summed E-state index contributed by atoms with van der Waals surface area (Å²) in [6.07, 6.45) is -4.15. The van der Waals surface area contributed by atoms with Gasteiger partial charge < -0.3 is 10.1 Å². The summed E-state index contributed by atoms with van der Waals surface area (Å²) in [6.45, 7) is 2.60. The molecular formula is C13H18F3NO. The molecule has 0 amide bonds. The summed E-state index contributed by atoms with van der Waals surface area (Å²) in [5, 5.41) is 2.68. The van der Waals surface area contributed by atoms with E-state index in [2.05, 4.69) is 5.32 Å². The van der Waals surface area contributed by atoms with E-state index in [0.717, 1.165) is 6.42 Å². The molecular weight excluding hydrogens is 243 g/mol. The van der Waals surface area contributed by atoms with Crippen LogP contribution in [-0.2, 0) is 0 Å². The van der Waals surface area contributed by atoms with Crippen LogP contribution in [0.4, 0.5) is 13.2 Å². The van der Waals surface area contributed by atoms with E-state index in [0.29, 0.717) is 17.9 Å². The average molecular weight is 261 g/mol. The molecule has 1 rings (SSSR count). The smallest absolute Gasteiger partial charge is 0.390 e. The lowest BCUT2D eigenvalue weighted by Crippen LogP contribution is -2.23. The van der Waals surface area contributed by atoms with Gasteiger partial charge in [0.2, 0.25) is 0 Å². The Morgan fingerprint density at radius 3 is 2.28 bits per heavy atom. The van der Waals surface area contributed by atoms with Crippen molar-refractivity contribution in [3.63, 3.8) is 0 Å². The van der Waals surface area contributed by atoms with Crippen LogP contribution < -0.4 is 10.1 Å². The van der Waals surface area contributed by atoms with Gasteiger partial charge in [-0.05, 0) is 31.2 Å². The Morgan fingerprint density at radius 1 is 1.22 bits per heavy atom. The highest BCUT2D eigenvalue weighted by Crippen LogP contribution is 2.29. The molecule has 18 heavy (non-hydrogen) atoms. The Balaban J connectivity index is 2.69. The number of hydrogen-bond acceptors (Lipinski definition) is 2. The van der Waals surface area contributed by atoms with E-state index in [1.54, 1.807) is 24.3 Å². The van der Waals surface area contributed by atoms with Gasteiger partial charge in [-0.25, -0.2) is 0 Å². The fourth-order valence-corrected chi connectivity index (χ4v) is 1.63. The lowest BCUT2D eigenvalue weighted by molar-refractivity contribution is -0.140. The molecule has 0 spiro atoms. The van der Waals surface area contributed by atoms with E-state index >= 15 is 0 Å². The summed E-state index contributed by atoms with van der Waals surface area (Å²) >= 11 is 0. The van der Waals surface area contributed by atoms with Crippen LogP contribution in [0.1, 0.15) is 31.4 Å². The second-order valence-corrected chi connectivity index (χ2v) is 4.08. The highest BCUT2D eigenvalue weighted by Gasteiger charge is 2.31. The summed E-state index contributed by atoms with van der Waals surface area (Å²) in [7, 11) is 1.53. The molecule has 0 aliphatic rings. The van der Waals surface area contributed by atoms with Gasteiger partial charge in [-0.2, -0.15) is 13.2 Å². The molecule has 1 N–H and O–H groups in total. The molecule has 1 atom stereocenters. The Kier molecular flexibility index (Phi) is 5.47. The molecule has 1 aromatic carbocycles. The molecule has 0 aliphatic carbocycles. The van der Waals surface area contributed by atoms with Gasteiger partial charge in [0.05, 0.1) is 13.0 Å². The van der Waals surface area contributed by atoms with Gasteiger partial charge in [-0.1, -0.05) is 19.1 Å². The van der Waals surface area contributed by atoms with Crippen LogP contribution in [0.15, 0.2) is 24.3 Å². The van der Waals surface area contributed by atoms with E-state index in [1.165, 1.54) is 7.05 Å². The van der Waals surface area contributed by atoms with Gasteiger partial charge in [-0.3, -0.25) is 0 Å². The van der Waals surface area contributed by atoms with Crippen molar-refractivity contribution in [2.75, 3.05) is 13.7 Å². The zero-order valence-electron chi connectivity index (χ0n) is 10.6. The molecule has 0 heterocycles. The van der Waals surface area contributed by atoms with Gasteiger partial charge in [-0.15, -0.1) is 0 Å². The van der Waals surface area contributed by atoms with Crippen LogP contribution in [-0.4, -0.2) is 19.8 Å². The first-order valence-corrected chi connectivity index (χ1v) is 5.93. The number of rotatable bonds is 6. The SMILES string of the molecule is CCCOc1ccc(C(CC(F)(F)F)NC)cc1. The highest BCUT2D eigenvalue weighted by molar-refractivity contribution is 5.29. The molecule has 5 heteroatoms. The van der Waals surface area contributed by atoms with Crippen molar-refractivity contribution in [1.82, 2.24) is 5.32 Å². The standard InChI is InChI=1S/C13H18F3NO/c1-3-8-18-11-6-4-10(5-7-11)12(17-2)9-13(14,15)16/h4-7,12,17H,3,8-9H2,1-2H3. The van der Waals surface area contributed by atoms with Crippen LogP contribution >= 0.6 is 0 Å². The molecule has 1 unspecified atom stereocenters. The number of halogens is 3.